The lowest BCUT2D eigenvalue weighted by Gasteiger charge is -2.24. The van der Waals surface area contributed by atoms with Crippen LogP contribution in [0.1, 0.15) is 38.1 Å². The minimum absolute atomic E-state index is 0.263. The highest BCUT2D eigenvalue weighted by Crippen LogP contribution is 2.28. The minimum Gasteiger partial charge on any atom is -0.344 e. The zero-order valence-electron chi connectivity index (χ0n) is 12.9. The Balaban J connectivity index is 2.05. The summed E-state index contributed by atoms with van der Waals surface area (Å²) in [6.45, 7) is 7.28. The quantitative estimate of drug-likeness (QED) is 0.848. The highest BCUT2D eigenvalue weighted by Gasteiger charge is 2.15. The summed E-state index contributed by atoms with van der Waals surface area (Å²) in [7, 11) is 2.08. The van der Waals surface area contributed by atoms with Crippen LogP contribution in [0.5, 0.6) is 0 Å². The minimum atomic E-state index is 0.263. The molecular formula is C16H22ClN3S. The second kappa shape index (κ2) is 7.25. The average Bonchev–Trinajstić information content (AvgIpc) is 2.93. The van der Waals surface area contributed by atoms with E-state index < -0.39 is 0 Å². The summed E-state index contributed by atoms with van der Waals surface area (Å²) in [5, 5.41) is 7.32. The van der Waals surface area contributed by atoms with Crippen LogP contribution in [0.15, 0.2) is 29.6 Å². The molecule has 3 nitrogen and oxygen atoms in total. The number of aromatic nitrogens is 1. The predicted octanol–water partition coefficient (Wildman–Crippen LogP) is 4.49. The fourth-order valence-electron chi connectivity index (χ4n) is 1.98. The number of nitrogens with one attached hydrogen (secondary N) is 1. The van der Waals surface area contributed by atoms with E-state index >= 15 is 0 Å². The summed E-state index contributed by atoms with van der Waals surface area (Å²) in [5.74, 6) is 0. The first-order valence-corrected chi connectivity index (χ1v) is 8.39. The zero-order chi connectivity index (χ0) is 15.4. The van der Waals surface area contributed by atoms with Gasteiger partial charge in [0.1, 0.15) is 0 Å². The summed E-state index contributed by atoms with van der Waals surface area (Å²) in [6, 6.07) is 8.74. The number of anilines is 1. The van der Waals surface area contributed by atoms with Gasteiger partial charge in [-0.3, -0.25) is 0 Å². The van der Waals surface area contributed by atoms with Gasteiger partial charge in [0.25, 0.3) is 0 Å². The molecule has 2 aromatic rings. The van der Waals surface area contributed by atoms with Crippen LogP contribution < -0.4 is 10.2 Å². The summed E-state index contributed by atoms with van der Waals surface area (Å²) in [6.07, 6.45) is 0. The van der Waals surface area contributed by atoms with Crippen LogP contribution in [0.3, 0.4) is 0 Å². The first-order valence-electron chi connectivity index (χ1n) is 7.13. The molecule has 0 radical (unpaired) electrons. The molecule has 5 heteroatoms. The van der Waals surface area contributed by atoms with E-state index in [1.54, 1.807) is 11.3 Å². The first-order chi connectivity index (χ1) is 9.97. The molecule has 0 fully saturated rings. The van der Waals surface area contributed by atoms with E-state index in [1.807, 2.05) is 12.1 Å². The fraction of sp³-hybridized carbons (Fsp3) is 0.438. The molecule has 0 bridgehead atoms. The lowest BCUT2D eigenvalue weighted by Crippen LogP contribution is -2.23. The number of hydrogen-bond donors (Lipinski definition) is 1. The van der Waals surface area contributed by atoms with Crippen molar-refractivity contribution >= 4 is 28.1 Å². The van der Waals surface area contributed by atoms with Crippen LogP contribution in [0, 0.1) is 0 Å². The van der Waals surface area contributed by atoms with Crippen LogP contribution in [0.25, 0.3) is 0 Å². The van der Waals surface area contributed by atoms with Crippen LogP contribution in [-0.2, 0) is 6.54 Å². The summed E-state index contributed by atoms with van der Waals surface area (Å²) < 4.78 is 0. The van der Waals surface area contributed by atoms with Gasteiger partial charge in [-0.05, 0) is 24.6 Å². The van der Waals surface area contributed by atoms with Gasteiger partial charge in [-0.2, -0.15) is 0 Å². The molecule has 0 spiro atoms. The Morgan fingerprint density at radius 3 is 2.52 bits per heavy atom. The highest BCUT2D eigenvalue weighted by atomic mass is 35.5. The van der Waals surface area contributed by atoms with Crippen LogP contribution in [0.2, 0.25) is 5.02 Å². The average molecular weight is 324 g/mol. The fourth-order valence-corrected chi connectivity index (χ4v) is 2.98. The maximum Gasteiger partial charge on any atom is 0.185 e. The van der Waals surface area contributed by atoms with Crippen molar-refractivity contribution in [2.45, 2.75) is 39.4 Å². The van der Waals surface area contributed by atoms with Crippen LogP contribution in [-0.4, -0.2) is 18.1 Å². The van der Waals surface area contributed by atoms with Gasteiger partial charge in [0, 0.05) is 30.0 Å². The lowest BCUT2D eigenvalue weighted by atomic mass is 10.1. The second-order valence-corrected chi connectivity index (χ2v) is 6.77. The third-order valence-corrected chi connectivity index (χ3v) is 4.70. The van der Waals surface area contributed by atoms with Crippen molar-refractivity contribution in [3.8, 4) is 0 Å². The number of thiazole rings is 1. The molecule has 2 rings (SSSR count). The molecule has 1 heterocycles. The number of halogens is 1. The maximum atomic E-state index is 5.95. The first kappa shape index (κ1) is 16.3. The topological polar surface area (TPSA) is 28.2 Å². The Kier molecular flexibility index (Phi) is 5.62. The second-order valence-electron chi connectivity index (χ2n) is 5.50. The number of nitrogens with zero attached hydrogens (tertiary/aromatic N) is 2. The van der Waals surface area contributed by atoms with Crippen molar-refractivity contribution in [2.75, 3.05) is 11.9 Å². The molecule has 0 saturated heterocycles. The van der Waals surface area contributed by atoms with E-state index in [0.29, 0.717) is 6.04 Å². The molecule has 21 heavy (non-hydrogen) atoms. The van der Waals surface area contributed by atoms with E-state index in [0.717, 1.165) is 22.4 Å². The van der Waals surface area contributed by atoms with Crippen molar-refractivity contribution in [1.29, 1.82) is 0 Å². The molecule has 114 valence electrons. The Bertz CT molecular complexity index is 565. The van der Waals surface area contributed by atoms with Crippen molar-refractivity contribution in [3.05, 3.63) is 45.9 Å². The zero-order valence-corrected chi connectivity index (χ0v) is 14.5. The molecule has 0 amide bonds. The van der Waals surface area contributed by atoms with Crippen molar-refractivity contribution in [3.63, 3.8) is 0 Å². The molecule has 1 atom stereocenters. The molecular weight excluding hydrogens is 302 g/mol. The molecule has 1 aromatic carbocycles. The van der Waals surface area contributed by atoms with E-state index in [4.69, 9.17) is 16.6 Å². The molecule has 1 unspecified atom stereocenters. The third-order valence-electron chi connectivity index (χ3n) is 3.47. The van der Waals surface area contributed by atoms with Crippen LogP contribution in [0.4, 0.5) is 5.13 Å². The predicted molar refractivity (Wildman–Crippen MR) is 92.4 cm³/mol. The monoisotopic (exact) mass is 323 g/mol. The Hall–Kier alpha value is -1.10. The van der Waals surface area contributed by atoms with Crippen molar-refractivity contribution < 1.29 is 0 Å². The largest absolute Gasteiger partial charge is 0.344 e. The number of hydrogen-bond acceptors (Lipinski definition) is 4. The maximum absolute atomic E-state index is 5.95. The third kappa shape index (κ3) is 4.43. The van der Waals surface area contributed by atoms with Gasteiger partial charge in [-0.15, -0.1) is 11.3 Å². The molecule has 0 aliphatic rings. The van der Waals surface area contributed by atoms with Crippen molar-refractivity contribution in [1.82, 2.24) is 10.3 Å². The number of benzene rings is 1. The summed E-state index contributed by atoms with van der Waals surface area (Å²) in [4.78, 5) is 6.90. The van der Waals surface area contributed by atoms with Gasteiger partial charge in [-0.1, -0.05) is 37.6 Å². The SMILES string of the molecule is CC(C)NCc1csc(N(C)C(C)c2ccc(Cl)cc2)n1. The van der Waals surface area contributed by atoms with Crippen LogP contribution >= 0.6 is 22.9 Å². The van der Waals surface area contributed by atoms with E-state index in [-0.39, 0.29) is 6.04 Å². The standard InChI is InChI=1S/C16H22ClN3S/c1-11(2)18-9-15-10-21-16(19-15)20(4)12(3)13-5-7-14(17)8-6-13/h5-8,10-12,18H,9H2,1-4H3. The van der Waals surface area contributed by atoms with Gasteiger partial charge < -0.3 is 10.2 Å². The van der Waals surface area contributed by atoms with Gasteiger partial charge in [0.15, 0.2) is 5.13 Å². The molecule has 0 aliphatic carbocycles. The highest BCUT2D eigenvalue weighted by molar-refractivity contribution is 7.13. The van der Waals surface area contributed by atoms with Gasteiger partial charge in [0.2, 0.25) is 0 Å². The normalized spacial score (nSPS) is 12.7. The Morgan fingerprint density at radius 2 is 1.90 bits per heavy atom. The van der Waals surface area contributed by atoms with Gasteiger partial charge in [-0.25, -0.2) is 4.98 Å². The number of rotatable bonds is 6. The van der Waals surface area contributed by atoms with E-state index in [1.165, 1.54) is 5.56 Å². The molecule has 1 N–H and O–H groups in total. The Labute approximate surface area is 136 Å². The summed E-state index contributed by atoms with van der Waals surface area (Å²) >= 11 is 7.63. The Morgan fingerprint density at radius 1 is 1.24 bits per heavy atom. The smallest absolute Gasteiger partial charge is 0.185 e. The van der Waals surface area contributed by atoms with Crippen molar-refractivity contribution in [2.24, 2.45) is 0 Å². The van der Waals surface area contributed by atoms with Gasteiger partial charge in [0.05, 0.1) is 11.7 Å². The van der Waals surface area contributed by atoms with Gasteiger partial charge >= 0.3 is 0 Å². The molecule has 1 aromatic heterocycles. The van der Waals surface area contributed by atoms with E-state index in [2.05, 4.69) is 55.5 Å². The summed E-state index contributed by atoms with van der Waals surface area (Å²) in [5.41, 5.74) is 2.33. The van der Waals surface area contributed by atoms with E-state index in [9.17, 15) is 0 Å². The molecule has 0 saturated carbocycles. The lowest BCUT2D eigenvalue weighted by molar-refractivity contribution is 0.582. The molecule has 0 aliphatic heterocycles.